The van der Waals surface area contributed by atoms with Crippen molar-refractivity contribution in [2.24, 2.45) is 5.92 Å². The van der Waals surface area contributed by atoms with Crippen molar-refractivity contribution >= 4 is 17.5 Å². The zero-order valence-electron chi connectivity index (χ0n) is 11.9. The smallest absolute Gasteiger partial charge is 0.350 e. The molecule has 2 aromatic heterocycles. The maximum absolute atomic E-state index is 12.2. The first kappa shape index (κ1) is 14.3. The number of carboxylic acid groups (broad SMARTS) is 1. The van der Waals surface area contributed by atoms with Crippen LogP contribution in [0.25, 0.3) is 5.65 Å². The number of piperidine rings is 1. The van der Waals surface area contributed by atoms with E-state index in [4.69, 9.17) is 5.11 Å². The van der Waals surface area contributed by atoms with E-state index in [0.29, 0.717) is 31.6 Å². The van der Waals surface area contributed by atoms with Gasteiger partial charge in [-0.1, -0.05) is 6.07 Å². The number of aliphatic carboxylic acids is 1. The Bertz CT molecular complexity index is 770. The first-order valence-corrected chi connectivity index (χ1v) is 7.11. The Balaban J connectivity index is 1.70. The molecule has 1 amide bonds. The zero-order chi connectivity index (χ0) is 15.7. The van der Waals surface area contributed by atoms with Gasteiger partial charge < -0.3 is 10.0 Å². The van der Waals surface area contributed by atoms with Gasteiger partial charge in [-0.15, -0.1) is 5.10 Å². The van der Waals surface area contributed by atoms with Gasteiger partial charge in [0.25, 0.3) is 0 Å². The van der Waals surface area contributed by atoms with Crippen LogP contribution >= 0.6 is 0 Å². The highest BCUT2D eigenvalue weighted by Gasteiger charge is 2.27. The zero-order valence-corrected chi connectivity index (χ0v) is 11.9. The van der Waals surface area contributed by atoms with Gasteiger partial charge in [-0.2, -0.15) is 0 Å². The van der Waals surface area contributed by atoms with Crippen LogP contribution in [0.5, 0.6) is 0 Å². The van der Waals surface area contributed by atoms with Crippen LogP contribution in [0.4, 0.5) is 0 Å². The minimum atomic E-state index is -0.816. The Morgan fingerprint density at radius 3 is 2.64 bits per heavy atom. The van der Waals surface area contributed by atoms with Gasteiger partial charge >= 0.3 is 11.7 Å². The molecule has 1 aliphatic heterocycles. The van der Waals surface area contributed by atoms with Crippen molar-refractivity contribution in [2.75, 3.05) is 13.1 Å². The summed E-state index contributed by atoms with van der Waals surface area (Å²) in [6.07, 6.45) is 2.49. The largest absolute Gasteiger partial charge is 0.481 e. The predicted molar refractivity (Wildman–Crippen MR) is 76.4 cm³/mol. The second kappa shape index (κ2) is 5.63. The van der Waals surface area contributed by atoms with E-state index < -0.39 is 5.97 Å². The molecule has 1 N–H and O–H groups in total. The molecule has 0 spiro atoms. The Labute approximate surface area is 125 Å². The molecule has 22 heavy (non-hydrogen) atoms. The molecule has 3 heterocycles. The molecule has 2 aromatic rings. The molecular weight excluding hydrogens is 288 g/mol. The summed E-state index contributed by atoms with van der Waals surface area (Å²) < 4.78 is 2.52. The monoisotopic (exact) mass is 304 g/mol. The lowest BCUT2D eigenvalue weighted by Crippen LogP contribution is -2.43. The van der Waals surface area contributed by atoms with Crippen molar-refractivity contribution in [3.8, 4) is 0 Å². The van der Waals surface area contributed by atoms with Gasteiger partial charge in [-0.05, 0) is 25.0 Å². The first-order chi connectivity index (χ1) is 10.6. The molecule has 0 unspecified atom stereocenters. The van der Waals surface area contributed by atoms with Gasteiger partial charge in [0.1, 0.15) is 6.54 Å². The highest BCUT2D eigenvalue weighted by atomic mass is 16.4. The Hall–Kier alpha value is -2.64. The van der Waals surface area contributed by atoms with Crippen LogP contribution < -0.4 is 5.69 Å². The van der Waals surface area contributed by atoms with Gasteiger partial charge in [-0.3, -0.25) is 14.0 Å². The van der Waals surface area contributed by atoms with Gasteiger partial charge in [0.2, 0.25) is 5.91 Å². The SMILES string of the molecule is O=C(O)C1CCN(C(=O)Cn2nc3ccccn3c2=O)CC1. The van der Waals surface area contributed by atoms with Gasteiger partial charge in [0, 0.05) is 19.3 Å². The molecule has 8 heteroatoms. The number of pyridine rings is 1. The van der Waals surface area contributed by atoms with Crippen molar-refractivity contribution in [3.05, 3.63) is 34.9 Å². The van der Waals surface area contributed by atoms with Gasteiger partial charge in [-0.25, -0.2) is 9.48 Å². The van der Waals surface area contributed by atoms with E-state index in [0.717, 1.165) is 4.68 Å². The van der Waals surface area contributed by atoms with E-state index in [1.54, 1.807) is 29.3 Å². The lowest BCUT2D eigenvalue weighted by atomic mass is 9.97. The Kier molecular flexibility index (Phi) is 3.66. The molecule has 116 valence electrons. The first-order valence-electron chi connectivity index (χ1n) is 7.11. The van der Waals surface area contributed by atoms with Gasteiger partial charge in [0.15, 0.2) is 5.65 Å². The van der Waals surface area contributed by atoms with Crippen LogP contribution in [0, 0.1) is 5.92 Å². The molecule has 0 aromatic carbocycles. The molecular formula is C14H16N4O4. The molecule has 3 rings (SSSR count). The number of hydrogen-bond donors (Lipinski definition) is 1. The number of aromatic nitrogens is 3. The Morgan fingerprint density at radius 1 is 1.27 bits per heavy atom. The lowest BCUT2D eigenvalue weighted by molar-refractivity contribution is -0.145. The normalized spacial score (nSPS) is 16.1. The summed E-state index contributed by atoms with van der Waals surface area (Å²) >= 11 is 0. The van der Waals surface area contributed by atoms with Crippen LogP contribution in [0.15, 0.2) is 29.2 Å². The van der Waals surface area contributed by atoms with Crippen molar-refractivity contribution < 1.29 is 14.7 Å². The fourth-order valence-corrected chi connectivity index (χ4v) is 2.68. The summed E-state index contributed by atoms with van der Waals surface area (Å²) in [5.74, 6) is -1.42. The standard InChI is InChI=1S/C14H16N4O4/c19-12(16-7-4-10(5-8-16)13(20)21)9-18-14(22)17-6-2-1-3-11(17)15-18/h1-3,6,10H,4-5,7-9H2,(H,20,21). The van der Waals surface area contributed by atoms with E-state index in [-0.39, 0.29) is 24.1 Å². The van der Waals surface area contributed by atoms with E-state index in [1.807, 2.05) is 0 Å². The second-order valence-electron chi connectivity index (χ2n) is 5.36. The topological polar surface area (TPSA) is 96.9 Å². The lowest BCUT2D eigenvalue weighted by Gasteiger charge is -2.29. The summed E-state index contributed by atoms with van der Waals surface area (Å²) in [4.78, 5) is 36.8. The average molecular weight is 304 g/mol. The average Bonchev–Trinajstić information content (AvgIpc) is 2.84. The number of fused-ring (bicyclic) bond motifs is 1. The molecule has 1 saturated heterocycles. The van der Waals surface area contributed by atoms with E-state index in [2.05, 4.69) is 5.10 Å². The third kappa shape index (κ3) is 2.59. The molecule has 0 saturated carbocycles. The predicted octanol–water partition coefficient (Wildman–Crippen LogP) is -0.181. The van der Waals surface area contributed by atoms with Crippen molar-refractivity contribution in [1.29, 1.82) is 0 Å². The van der Waals surface area contributed by atoms with E-state index in [1.165, 1.54) is 4.40 Å². The maximum atomic E-state index is 12.2. The number of likely N-dealkylation sites (tertiary alicyclic amines) is 1. The van der Waals surface area contributed by atoms with Crippen LogP contribution in [0.3, 0.4) is 0 Å². The fourth-order valence-electron chi connectivity index (χ4n) is 2.68. The summed E-state index contributed by atoms with van der Waals surface area (Å²) in [6.45, 7) is 0.675. The number of nitrogens with zero attached hydrogens (tertiary/aromatic N) is 4. The van der Waals surface area contributed by atoms with Crippen LogP contribution in [-0.4, -0.2) is 49.2 Å². The molecule has 0 radical (unpaired) electrons. The summed E-state index contributed by atoms with van der Waals surface area (Å²) in [6, 6.07) is 5.18. The number of carbonyl (C=O) groups excluding carboxylic acids is 1. The third-order valence-corrected chi connectivity index (χ3v) is 3.97. The maximum Gasteiger partial charge on any atom is 0.350 e. The highest BCUT2D eigenvalue weighted by Crippen LogP contribution is 2.17. The summed E-state index contributed by atoms with van der Waals surface area (Å²) in [5.41, 5.74) is 0.134. The van der Waals surface area contributed by atoms with Crippen molar-refractivity contribution in [3.63, 3.8) is 0 Å². The molecule has 8 nitrogen and oxygen atoms in total. The van der Waals surface area contributed by atoms with Crippen molar-refractivity contribution in [1.82, 2.24) is 19.1 Å². The van der Waals surface area contributed by atoms with Crippen LogP contribution in [0.1, 0.15) is 12.8 Å². The summed E-state index contributed by atoms with van der Waals surface area (Å²) in [5, 5.41) is 13.1. The number of amides is 1. The molecule has 1 fully saturated rings. The number of carboxylic acids is 1. The van der Waals surface area contributed by atoms with E-state index >= 15 is 0 Å². The fraction of sp³-hybridized carbons (Fsp3) is 0.429. The number of carbonyl (C=O) groups is 2. The minimum Gasteiger partial charge on any atom is -0.481 e. The highest BCUT2D eigenvalue weighted by molar-refractivity contribution is 5.76. The second-order valence-corrected chi connectivity index (χ2v) is 5.36. The Morgan fingerprint density at radius 2 is 2.00 bits per heavy atom. The number of hydrogen-bond acceptors (Lipinski definition) is 4. The van der Waals surface area contributed by atoms with Gasteiger partial charge in [0.05, 0.1) is 5.92 Å². The third-order valence-electron chi connectivity index (χ3n) is 3.97. The van der Waals surface area contributed by atoms with Crippen LogP contribution in [0.2, 0.25) is 0 Å². The molecule has 1 aliphatic rings. The molecule has 0 atom stereocenters. The number of rotatable bonds is 3. The molecule has 0 aliphatic carbocycles. The van der Waals surface area contributed by atoms with Crippen molar-refractivity contribution in [2.45, 2.75) is 19.4 Å². The van der Waals surface area contributed by atoms with E-state index in [9.17, 15) is 14.4 Å². The molecule has 0 bridgehead atoms. The van der Waals surface area contributed by atoms with Crippen LogP contribution in [-0.2, 0) is 16.1 Å². The minimum absolute atomic E-state index is 0.127. The summed E-state index contributed by atoms with van der Waals surface area (Å²) in [7, 11) is 0. The quantitative estimate of drug-likeness (QED) is 0.848.